The molecule has 7 rings (SSSR count). The third-order valence-corrected chi connectivity index (χ3v) is 12.8. The molecule has 3 aliphatic rings. The van der Waals surface area contributed by atoms with E-state index in [1.807, 2.05) is 72.8 Å². The third-order valence-electron chi connectivity index (χ3n) is 12.8. The lowest BCUT2D eigenvalue weighted by molar-refractivity contribution is -0.148. The van der Waals surface area contributed by atoms with Gasteiger partial charge >= 0.3 is 0 Å². The van der Waals surface area contributed by atoms with Crippen LogP contribution in [-0.4, -0.2) is 131 Å². The lowest BCUT2D eigenvalue weighted by Gasteiger charge is -2.34. The van der Waals surface area contributed by atoms with Gasteiger partial charge in [0.2, 0.25) is 35.4 Å². The van der Waals surface area contributed by atoms with Crippen LogP contribution in [0.2, 0.25) is 0 Å². The maximum absolute atomic E-state index is 14.9. The molecule has 3 saturated heterocycles. The number of aromatic amines is 1. The highest BCUT2D eigenvalue weighted by molar-refractivity contribution is 5.99. The lowest BCUT2D eigenvalue weighted by Crippen LogP contribution is -2.61. The molecular weight excluding hydrogens is 883 g/mol. The second-order valence-corrected chi connectivity index (χ2v) is 17.7. The van der Waals surface area contributed by atoms with Crippen molar-refractivity contribution in [2.75, 3.05) is 26.2 Å². The summed E-state index contributed by atoms with van der Waals surface area (Å²) in [6.45, 7) is 0.773. The summed E-state index contributed by atoms with van der Waals surface area (Å²) in [7, 11) is 0. The zero-order valence-corrected chi connectivity index (χ0v) is 38.6. The number of para-hydroxylation sites is 1. The number of nitrogens with two attached hydrogens (primary N) is 4. The SMILES string of the molecule is NC(N)=NCCC[C@@H]1NC(=O)[C@H]2C[C@@H](OCc3ccccc3)CN2C(=O)[C@H]2CCCN2C(=O)[C@H](CCCN=C(N)N)NC(=O)[C@H](Cc2c[nH]c3ccccc23)NC(=O)[C@@H](Cc2ccccc2)NC1=O. The molecule has 4 aromatic rings. The first-order chi connectivity index (χ1) is 33.3. The predicted octanol–water partition coefficient (Wildman–Crippen LogP) is 0.190. The normalized spacial score (nSPS) is 23.7. The Hall–Kier alpha value is -7.48. The fraction of sp³-hybridized carbons (Fsp3) is 0.429. The van der Waals surface area contributed by atoms with Crippen molar-refractivity contribution in [3.63, 3.8) is 0 Å². The number of hydrogen-bond acceptors (Lipinski definition) is 9. The average molecular weight is 946 g/mol. The molecule has 20 nitrogen and oxygen atoms in total. The van der Waals surface area contributed by atoms with Crippen molar-refractivity contribution in [2.24, 2.45) is 32.9 Å². The number of aliphatic imine (C=N–C) groups is 2. The number of fused-ring (bicyclic) bond motifs is 3. The summed E-state index contributed by atoms with van der Waals surface area (Å²) < 4.78 is 6.31. The first-order valence-corrected chi connectivity index (χ1v) is 23.5. The van der Waals surface area contributed by atoms with E-state index in [4.69, 9.17) is 27.7 Å². The van der Waals surface area contributed by atoms with E-state index in [0.717, 1.165) is 16.5 Å². The Kier molecular flexibility index (Phi) is 16.8. The van der Waals surface area contributed by atoms with Crippen molar-refractivity contribution in [3.05, 3.63) is 108 Å². The number of carbonyl (C=O) groups excluding carboxylic acids is 6. The number of nitrogens with one attached hydrogen (secondary N) is 5. The average Bonchev–Trinajstić information content (AvgIpc) is 4.12. The number of H-pyrrole nitrogens is 1. The Morgan fingerprint density at radius 2 is 1.17 bits per heavy atom. The van der Waals surface area contributed by atoms with E-state index in [1.165, 1.54) is 9.80 Å². The van der Waals surface area contributed by atoms with E-state index in [9.17, 15) is 28.8 Å². The molecule has 69 heavy (non-hydrogen) atoms. The number of benzene rings is 3. The summed E-state index contributed by atoms with van der Waals surface area (Å²) in [5.74, 6) is -3.87. The van der Waals surface area contributed by atoms with E-state index < -0.39 is 77.8 Å². The quantitative estimate of drug-likeness (QED) is 0.0440. The number of carbonyl (C=O) groups is 6. The summed E-state index contributed by atoms with van der Waals surface area (Å²) >= 11 is 0. The first kappa shape index (κ1) is 49.4. The molecule has 0 saturated carbocycles. The summed E-state index contributed by atoms with van der Waals surface area (Å²) in [6, 6.07) is 19.1. The van der Waals surface area contributed by atoms with Crippen molar-refractivity contribution in [1.29, 1.82) is 0 Å². The Morgan fingerprint density at radius 1 is 0.609 bits per heavy atom. The second kappa shape index (κ2) is 23.5. The summed E-state index contributed by atoms with van der Waals surface area (Å²) in [6.07, 6.45) is 2.79. The van der Waals surface area contributed by atoms with Crippen LogP contribution in [0.15, 0.2) is 101 Å². The highest BCUT2D eigenvalue weighted by Crippen LogP contribution is 2.29. The van der Waals surface area contributed by atoms with Crippen LogP contribution in [-0.2, 0) is 53.0 Å². The smallest absolute Gasteiger partial charge is 0.246 e. The van der Waals surface area contributed by atoms with Crippen LogP contribution in [0.3, 0.4) is 0 Å². The molecule has 0 radical (unpaired) electrons. The van der Waals surface area contributed by atoms with Gasteiger partial charge in [0.05, 0.1) is 12.7 Å². The van der Waals surface area contributed by atoms with E-state index in [1.54, 1.807) is 18.3 Å². The fourth-order valence-electron chi connectivity index (χ4n) is 9.28. The van der Waals surface area contributed by atoms with Gasteiger partial charge in [-0.3, -0.25) is 38.8 Å². The summed E-state index contributed by atoms with van der Waals surface area (Å²) in [5, 5.41) is 12.5. The van der Waals surface area contributed by atoms with Gasteiger partial charge in [0.25, 0.3) is 0 Å². The molecule has 20 heteroatoms. The molecule has 0 spiro atoms. The van der Waals surface area contributed by atoms with Gasteiger partial charge in [-0.1, -0.05) is 78.9 Å². The van der Waals surface area contributed by atoms with Crippen LogP contribution >= 0.6 is 0 Å². The van der Waals surface area contributed by atoms with Crippen LogP contribution < -0.4 is 44.2 Å². The number of hydrogen-bond donors (Lipinski definition) is 9. The van der Waals surface area contributed by atoms with Crippen molar-refractivity contribution >= 4 is 58.3 Å². The van der Waals surface area contributed by atoms with Gasteiger partial charge in [-0.25, -0.2) is 0 Å². The molecule has 4 heterocycles. The predicted molar refractivity (Wildman–Crippen MR) is 260 cm³/mol. The standard InChI is InChI=1S/C49H63N13O7/c50-48(51)54-21-9-18-36-42(63)59-38(24-30-12-3-1-4-13-30)43(64)60-39(25-32-27-56-35-17-8-7-16-34(32)35)44(65)58-37(19-10-22-55-49(52)53)46(67)61-23-11-20-40(61)47(68)62-28-33(26-41(62)45(66)57-36)69-29-31-14-5-2-6-15-31/h1-8,12-17,27,33,36-41,56H,9-11,18-26,28-29H2,(H,57,66)(H,58,65)(H,59,63)(H,60,64)(H4,50,51,54)(H4,52,53,55)/t33-,36+,37+,38-,39+,40-,41-/m1/s1. The minimum Gasteiger partial charge on any atom is -0.372 e. The Bertz CT molecular complexity index is 2490. The van der Waals surface area contributed by atoms with E-state index in [-0.39, 0.29) is 89.7 Å². The Morgan fingerprint density at radius 3 is 1.84 bits per heavy atom. The highest BCUT2D eigenvalue weighted by Gasteiger charge is 2.47. The fourth-order valence-corrected chi connectivity index (χ4v) is 9.28. The molecule has 0 unspecified atom stereocenters. The number of aromatic nitrogens is 1. The molecule has 366 valence electrons. The monoisotopic (exact) mass is 945 g/mol. The van der Waals surface area contributed by atoms with Crippen LogP contribution in [0.1, 0.15) is 61.6 Å². The van der Waals surface area contributed by atoms with E-state index in [2.05, 4.69) is 36.2 Å². The largest absolute Gasteiger partial charge is 0.372 e. The number of guanidine groups is 2. The van der Waals surface area contributed by atoms with Crippen molar-refractivity contribution in [3.8, 4) is 0 Å². The van der Waals surface area contributed by atoms with Crippen LogP contribution in [0.25, 0.3) is 10.9 Å². The van der Waals surface area contributed by atoms with Gasteiger partial charge in [0, 0.05) is 62.5 Å². The Balaban J connectivity index is 1.27. The Labute approximate surface area is 400 Å². The van der Waals surface area contributed by atoms with E-state index >= 15 is 0 Å². The molecule has 1 aromatic heterocycles. The number of nitrogens with zero attached hydrogens (tertiary/aromatic N) is 4. The number of ether oxygens (including phenoxy) is 1. The minimum atomic E-state index is -1.26. The van der Waals surface area contributed by atoms with Gasteiger partial charge in [0.1, 0.15) is 36.3 Å². The molecule has 3 aliphatic heterocycles. The molecule has 3 fully saturated rings. The molecule has 3 aromatic carbocycles. The second-order valence-electron chi connectivity index (χ2n) is 17.7. The van der Waals surface area contributed by atoms with Crippen LogP contribution in [0.5, 0.6) is 0 Å². The minimum absolute atomic E-state index is 0.000653. The first-order valence-electron chi connectivity index (χ1n) is 23.5. The molecule has 0 aliphatic carbocycles. The highest BCUT2D eigenvalue weighted by atomic mass is 16.5. The van der Waals surface area contributed by atoms with Gasteiger partial charge in [-0.2, -0.15) is 0 Å². The zero-order chi connectivity index (χ0) is 48.9. The molecular formula is C49H63N13O7. The summed E-state index contributed by atoms with van der Waals surface area (Å²) in [5.41, 5.74) is 25.6. The molecule has 6 amide bonds. The van der Waals surface area contributed by atoms with Gasteiger partial charge in [-0.05, 0) is 61.3 Å². The van der Waals surface area contributed by atoms with Crippen LogP contribution in [0, 0.1) is 0 Å². The number of amides is 6. The van der Waals surface area contributed by atoms with Gasteiger partial charge < -0.3 is 63.7 Å². The van der Waals surface area contributed by atoms with E-state index in [0.29, 0.717) is 24.0 Å². The number of rotatable bonds is 15. The van der Waals surface area contributed by atoms with Crippen molar-refractivity contribution in [1.82, 2.24) is 36.1 Å². The summed E-state index contributed by atoms with van der Waals surface area (Å²) in [4.78, 5) is 103. The maximum Gasteiger partial charge on any atom is 0.246 e. The molecule has 7 atom stereocenters. The molecule has 13 N–H and O–H groups in total. The topological polar surface area (TPSA) is 311 Å². The maximum atomic E-state index is 14.9. The zero-order valence-electron chi connectivity index (χ0n) is 38.6. The third kappa shape index (κ3) is 13.2. The lowest BCUT2D eigenvalue weighted by atomic mass is 10.0. The molecule has 0 bridgehead atoms. The van der Waals surface area contributed by atoms with Crippen molar-refractivity contribution < 1.29 is 33.5 Å². The van der Waals surface area contributed by atoms with Gasteiger partial charge in [-0.15, -0.1) is 0 Å². The van der Waals surface area contributed by atoms with Crippen LogP contribution in [0.4, 0.5) is 0 Å². The van der Waals surface area contributed by atoms with Crippen molar-refractivity contribution in [2.45, 2.75) is 107 Å². The van der Waals surface area contributed by atoms with Gasteiger partial charge in [0.15, 0.2) is 11.9 Å².